The molecular weight excluding hydrogens is 318 g/mol. The van der Waals surface area contributed by atoms with E-state index in [0.29, 0.717) is 9.75 Å². The summed E-state index contributed by atoms with van der Waals surface area (Å²) in [6.07, 6.45) is 1.51. The molecule has 0 aromatic carbocycles. The minimum atomic E-state index is -1.69. The molecule has 2 aromatic rings. The quantitative estimate of drug-likeness (QED) is 0.872. The lowest BCUT2D eigenvalue weighted by molar-refractivity contribution is -0.169. The summed E-state index contributed by atoms with van der Waals surface area (Å²) in [7, 11) is 2.06. The van der Waals surface area contributed by atoms with E-state index in [9.17, 15) is 9.90 Å². The van der Waals surface area contributed by atoms with Crippen molar-refractivity contribution in [3.63, 3.8) is 0 Å². The summed E-state index contributed by atoms with van der Waals surface area (Å²) in [5, 5.41) is 14.8. The number of rotatable bonds is 4. The Balaban J connectivity index is 1.82. The number of nitrogens with zero attached hydrogens (tertiary/aromatic N) is 1. The van der Waals surface area contributed by atoms with Gasteiger partial charge in [-0.25, -0.2) is 4.79 Å². The molecule has 22 heavy (non-hydrogen) atoms. The Labute approximate surface area is 138 Å². The van der Waals surface area contributed by atoms with Gasteiger partial charge in [-0.1, -0.05) is 12.1 Å². The molecule has 0 spiro atoms. The molecule has 0 aliphatic carbocycles. The Morgan fingerprint density at radius 3 is 2.23 bits per heavy atom. The summed E-state index contributed by atoms with van der Waals surface area (Å²) < 4.78 is 5.65. The molecule has 0 unspecified atom stereocenters. The lowest BCUT2D eigenvalue weighted by atomic mass is 9.99. The van der Waals surface area contributed by atoms with Crippen molar-refractivity contribution < 1.29 is 14.6 Å². The summed E-state index contributed by atoms with van der Waals surface area (Å²) in [5.74, 6) is -0.563. The molecule has 1 aliphatic heterocycles. The molecule has 1 saturated heterocycles. The van der Waals surface area contributed by atoms with E-state index in [0.717, 1.165) is 25.9 Å². The lowest BCUT2D eigenvalue weighted by Gasteiger charge is -2.31. The van der Waals surface area contributed by atoms with Crippen LogP contribution < -0.4 is 0 Å². The number of carbonyl (C=O) groups excluding carboxylic acids is 1. The summed E-state index contributed by atoms with van der Waals surface area (Å²) >= 11 is 2.73. The SMILES string of the molecule is CN1CCC(OC(=O)C(O)(c2cccs2)c2cccs2)CC1. The van der Waals surface area contributed by atoms with Crippen molar-refractivity contribution in [3.05, 3.63) is 44.8 Å². The lowest BCUT2D eigenvalue weighted by Crippen LogP contribution is -2.42. The van der Waals surface area contributed by atoms with Crippen LogP contribution in [0.5, 0.6) is 0 Å². The number of hydrogen-bond acceptors (Lipinski definition) is 6. The summed E-state index contributed by atoms with van der Waals surface area (Å²) in [6.45, 7) is 1.82. The van der Waals surface area contributed by atoms with Crippen LogP contribution in [0.2, 0.25) is 0 Å². The van der Waals surface area contributed by atoms with Crippen molar-refractivity contribution in [1.29, 1.82) is 0 Å². The molecule has 1 fully saturated rings. The summed E-state index contributed by atoms with van der Waals surface area (Å²) in [5.41, 5.74) is -1.69. The van der Waals surface area contributed by atoms with Crippen LogP contribution in [0.1, 0.15) is 22.6 Å². The Kier molecular flexibility index (Phi) is 4.63. The van der Waals surface area contributed by atoms with Gasteiger partial charge in [-0.3, -0.25) is 0 Å². The number of esters is 1. The second kappa shape index (κ2) is 6.50. The van der Waals surface area contributed by atoms with Crippen molar-refractivity contribution in [2.75, 3.05) is 20.1 Å². The minimum absolute atomic E-state index is 0.116. The highest BCUT2D eigenvalue weighted by Gasteiger charge is 2.44. The topological polar surface area (TPSA) is 49.8 Å². The van der Waals surface area contributed by atoms with Crippen LogP contribution in [0.25, 0.3) is 0 Å². The van der Waals surface area contributed by atoms with Gasteiger partial charge < -0.3 is 14.7 Å². The molecule has 0 bridgehead atoms. The predicted octanol–water partition coefficient (Wildman–Crippen LogP) is 2.68. The van der Waals surface area contributed by atoms with Gasteiger partial charge in [-0.2, -0.15) is 0 Å². The Morgan fingerprint density at radius 1 is 1.23 bits per heavy atom. The maximum Gasteiger partial charge on any atom is 0.349 e. The standard InChI is InChI=1S/C16H19NO3S2/c1-17-8-6-12(7-9-17)20-15(18)16(19,13-4-2-10-21-13)14-5-3-11-22-14/h2-5,10-12,19H,6-9H2,1H3. The maximum atomic E-state index is 12.7. The molecular formula is C16H19NO3S2. The van der Waals surface area contributed by atoms with E-state index in [2.05, 4.69) is 11.9 Å². The zero-order valence-corrected chi connectivity index (χ0v) is 14.0. The van der Waals surface area contributed by atoms with Crippen LogP contribution in [0.15, 0.2) is 35.0 Å². The van der Waals surface area contributed by atoms with Crippen molar-refractivity contribution in [1.82, 2.24) is 4.90 Å². The van der Waals surface area contributed by atoms with Crippen molar-refractivity contribution >= 4 is 28.6 Å². The first-order valence-corrected chi connectivity index (χ1v) is 9.06. The minimum Gasteiger partial charge on any atom is -0.460 e. The highest BCUT2D eigenvalue weighted by atomic mass is 32.1. The smallest absolute Gasteiger partial charge is 0.349 e. The van der Waals surface area contributed by atoms with E-state index in [1.807, 2.05) is 22.9 Å². The molecule has 6 heteroatoms. The molecule has 0 amide bonds. The van der Waals surface area contributed by atoms with Crippen LogP contribution in [0, 0.1) is 0 Å². The first-order valence-electron chi connectivity index (χ1n) is 7.30. The fraction of sp³-hybridized carbons (Fsp3) is 0.438. The zero-order chi connectivity index (χ0) is 15.6. The fourth-order valence-electron chi connectivity index (χ4n) is 2.63. The van der Waals surface area contributed by atoms with E-state index < -0.39 is 11.6 Å². The number of hydrogen-bond donors (Lipinski definition) is 1. The average molecular weight is 337 g/mol. The van der Waals surface area contributed by atoms with Gasteiger partial charge in [0.05, 0.1) is 9.75 Å². The van der Waals surface area contributed by atoms with Crippen molar-refractivity contribution in [2.45, 2.75) is 24.5 Å². The van der Waals surface area contributed by atoms with Gasteiger partial charge in [0.25, 0.3) is 0 Å². The Hall–Kier alpha value is -1.21. The maximum absolute atomic E-state index is 12.7. The predicted molar refractivity (Wildman–Crippen MR) is 88.2 cm³/mol. The number of carbonyl (C=O) groups is 1. The number of aliphatic hydroxyl groups is 1. The third-order valence-electron chi connectivity index (χ3n) is 3.99. The van der Waals surface area contributed by atoms with E-state index in [1.54, 1.807) is 12.1 Å². The molecule has 0 saturated carbocycles. The van der Waals surface area contributed by atoms with Gasteiger partial charge in [0.2, 0.25) is 5.60 Å². The van der Waals surface area contributed by atoms with Crippen LogP contribution in [-0.2, 0) is 15.1 Å². The number of ether oxygens (including phenoxy) is 1. The molecule has 2 aromatic heterocycles. The largest absolute Gasteiger partial charge is 0.460 e. The molecule has 0 atom stereocenters. The molecule has 3 heterocycles. The van der Waals surface area contributed by atoms with Gasteiger partial charge in [-0.15, -0.1) is 22.7 Å². The van der Waals surface area contributed by atoms with E-state index in [1.165, 1.54) is 22.7 Å². The van der Waals surface area contributed by atoms with Crippen LogP contribution >= 0.6 is 22.7 Å². The normalized spacial score (nSPS) is 17.5. The Morgan fingerprint density at radius 2 is 1.77 bits per heavy atom. The highest BCUT2D eigenvalue weighted by Crippen LogP contribution is 2.37. The summed E-state index contributed by atoms with van der Waals surface area (Å²) in [6, 6.07) is 7.23. The van der Waals surface area contributed by atoms with Crippen LogP contribution in [0.4, 0.5) is 0 Å². The number of likely N-dealkylation sites (tertiary alicyclic amines) is 1. The van der Waals surface area contributed by atoms with E-state index in [4.69, 9.17) is 4.74 Å². The summed E-state index contributed by atoms with van der Waals surface area (Å²) in [4.78, 5) is 16.2. The molecule has 1 aliphatic rings. The third kappa shape index (κ3) is 2.96. The van der Waals surface area contributed by atoms with Gasteiger partial charge in [-0.05, 0) is 42.8 Å². The first kappa shape index (κ1) is 15.7. The third-order valence-corrected chi connectivity index (χ3v) is 5.95. The zero-order valence-electron chi connectivity index (χ0n) is 12.4. The van der Waals surface area contributed by atoms with Crippen LogP contribution in [-0.4, -0.2) is 42.2 Å². The molecule has 0 radical (unpaired) electrons. The fourth-order valence-corrected chi connectivity index (χ4v) is 4.34. The van der Waals surface area contributed by atoms with Gasteiger partial charge in [0.1, 0.15) is 6.10 Å². The van der Waals surface area contributed by atoms with E-state index >= 15 is 0 Å². The molecule has 1 N–H and O–H groups in total. The van der Waals surface area contributed by atoms with E-state index in [-0.39, 0.29) is 6.10 Å². The van der Waals surface area contributed by atoms with Gasteiger partial charge in [0.15, 0.2) is 0 Å². The van der Waals surface area contributed by atoms with Gasteiger partial charge in [0, 0.05) is 13.1 Å². The highest BCUT2D eigenvalue weighted by molar-refractivity contribution is 7.12. The molecule has 118 valence electrons. The number of thiophene rings is 2. The number of piperidine rings is 1. The Bertz CT molecular complexity index is 567. The van der Waals surface area contributed by atoms with Crippen molar-refractivity contribution in [3.8, 4) is 0 Å². The van der Waals surface area contributed by atoms with Crippen LogP contribution in [0.3, 0.4) is 0 Å². The van der Waals surface area contributed by atoms with Crippen molar-refractivity contribution in [2.24, 2.45) is 0 Å². The second-order valence-electron chi connectivity index (χ2n) is 5.57. The first-order chi connectivity index (χ1) is 10.6. The monoisotopic (exact) mass is 337 g/mol. The second-order valence-corrected chi connectivity index (χ2v) is 7.47. The van der Waals surface area contributed by atoms with Gasteiger partial charge >= 0.3 is 5.97 Å². The molecule has 3 rings (SSSR count). The molecule has 4 nitrogen and oxygen atoms in total. The average Bonchev–Trinajstić information content (AvgIpc) is 3.22.